The Balaban J connectivity index is 3.13. The third-order valence-corrected chi connectivity index (χ3v) is 4.65. The quantitative estimate of drug-likeness (QED) is 0.365. The number of hydrogen-bond acceptors (Lipinski definition) is 10. The minimum atomic E-state index is -3.75. The fourth-order valence-corrected chi connectivity index (χ4v) is 3.08. The van der Waals surface area contributed by atoms with Crippen LogP contribution in [-0.4, -0.2) is 63.3 Å². The third-order valence-electron chi connectivity index (χ3n) is 3.12. The summed E-state index contributed by atoms with van der Waals surface area (Å²) < 4.78 is 42.6. The van der Waals surface area contributed by atoms with Gasteiger partial charge in [0.1, 0.15) is 0 Å². The highest BCUT2D eigenvalue weighted by Crippen LogP contribution is 2.43. The second-order valence-electron chi connectivity index (χ2n) is 5.04. The lowest BCUT2D eigenvalue weighted by molar-refractivity contribution is -0.227. The van der Waals surface area contributed by atoms with Crippen LogP contribution in [0.5, 0.6) is 0 Å². The number of carbonyl (C=O) groups is 3. The Kier molecular flexibility index (Phi) is 7.97. The average molecular weight is 383 g/mol. The fraction of sp³-hybridized carbons (Fsp3) is 0.769. The van der Waals surface area contributed by atoms with Gasteiger partial charge in [-0.3, -0.25) is 14.4 Å². The molecule has 25 heavy (non-hydrogen) atoms. The van der Waals surface area contributed by atoms with Crippen molar-refractivity contribution in [2.75, 3.05) is 20.8 Å². The van der Waals surface area contributed by atoms with Crippen LogP contribution in [0.25, 0.3) is 0 Å². The lowest BCUT2D eigenvalue weighted by Gasteiger charge is -2.41. The Morgan fingerprint density at radius 3 is 1.84 bits per heavy atom. The van der Waals surface area contributed by atoms with Crippen LogP contribution in [0.4, 0.5) is 0 Å². The molecule has 1 rings (SSSR count). The van der Waals surface area contributed by atoms with E-state index in [4.69, 9.17) is 28.0 Å². The van der Waals surface area contributed by atoms with Gasteiger partial charge in [0.05, 0.1) is 6.61 Å². The van der Waals surface area contributed by atoms with Crippen molar-refractivity contribution < 1.29 is 46.9 Å². The standard InChI is InChI=1S/C13H22NO10P/c1-7(15)22-10-6-21-13(14-25(18,19-4)20-5)12(24-9(3)17)11(10)23-8(2)16/h10-13H,6H2,1-5H3,(H,14,18)/t10-,11+,12-,13-/m1/s1. The van der Waals surface area contributed by atoms with Crippen LogP contribution in [0.2, 0.25) is 0 Å². The van der Waals surface area contributed by atoms with Gasteiger partial charge < -0.3 is 28.0 Å². The molecular weight excluding hydrogens is 361 g/mol. The van der Waals surface area contributed by atoms with Gasteiger partial charge in [-0.25, -0.2) is 4.57 Å². The first-order chi connectivity index (χ1) is 11.6. The van der Waals surface area contributed by atoms with Gasteiger partial charge in [0, 0.05) is 35.0 Å². The van der Waals surface area contributed by atoms with E-state index in [9.17, 15) is 18.9 Å². The molecule has 0 aromatic rings. The molecular formula is C13H22NO10P. The molecule has 1 saturated heterocycles. The van der Waals surface area contributed by atoms with Crippen molar-refractivity contribution >= 4 is 25.7 Å². The molecule has 1 fully saturated rings. The van der Waals surface area contributed by atoms with Gasteiger partial charge in [-0.1, -0.05) is 0 Å². The van der Waals surface area contributed by atoms with Crippen molar-refractivity contribution in [2.45, 2.75) is 45.3 Å². The Hall–Kier alpha value is -1.52. The molecule has 0 spiro atoms. The summed E-state index contributed by atoms with van der Waals surface area (Å²) >= 11 is 0. The van der Waals surface area contributed by atoms with Crippen LogP contribution in [0.15, 0.2) is 0 Å². The summed E-state index contributed by atoms with van der Waals surface area (Å²) in [5, 5.41) is 2.44. The van der Waals surface area contributed by atoms with Crippen LogP contribution >= 0.6 is 7.75 Å². The zero-order valence-electron chi connectivity index (χ0n) is 14.5. The third kappa shape index (κ3) is 6.37. The Bertz CT molecular complexity index is 545. The van der Waals surface area contributed by atoms with Gasteiger partial charge in [-0.15, -0.1) is 0 Å². The predicted molar refractivity (Wildman–Crippen MR) is 81.2 cm³/mol. The van der Waals surface area contributed by atoms with E-state index in [0.29, 0.717) is 0 Å². The van der Waals surface area contributed by atoms with E-state index in [1.165, 1.54) is 6.92 Å². The van der Waals surface area contributed by atoms with Gasteiger partial charge in [0.2, 0.25) is 0 Å². The molecule has 12 heteroatoms. The smallest absolute Gasteiger partial charge is 0.407 e. The molecule has 1 N–H and O–H groups in total. The van der Waals surface area contributed by atoms with Crippen LogP contribution in [0, 0.1) is 0 Å². The Morgan fingerprint density at radius 2 is 1.40 bits per heavy atom. The minimum absolute atomic E-state index is 0.208. The van der Waals surface area contributed by atoms with E-state index >= 15 is 0 Å². The van der Waals surface area contributed by atoms with Crippen LogP contribution in [0.1, 0.15) is 20.8 Å². The van der Waals surface area contributed by atoms with Crippen molar-refractivity contribution in [3.8, 4) is 0 Å². The number of carbonyl (C=O) groups excluding carboxylic acids is 3. The normalized spacial score (nSPS) is 26.6. The first kappa shape index (κ1) is 21.5. The monoisotopic (exact) mass is 383 g/mol. The van der Waals surface area contributed by atoms with E-state index in [0.717, 1.165) is 28.1 Å². The largest absolute Gasteiger partial charge is 0.456 e. The lowest BCUT2D eigenvalue weighted by atomic mass is 10.0. The number of ether oxygens (including phenoxy) is 4. The molecule has 0 aliphatic carbocycles. The molecule has 11 nitrogen and oxygen atoms in total. The predicted octanol–water partition coefficient (Wildman–Crippen LogP) is 0.128. The maximum Gasteiger partial charge on any atom is 0.407 e. The highest BCUT2D eigenvalue weighted by molar-refractivity contribution is 7.51. The molecule has 1 aliphatic heterocycles. The molecule has 0 aromatic heterocycles. The summed E-state index contributed by atoms with van der Waals surface area (Å²) in [7, 11) is -1.46. The van der Waals surface area contributed by atoms with Gasteiger partial charge >= 0.3 is 25.7 Å². The van der Waals surface area contributed by atoms with Gasteiger partial charge in [-0.2, -0.15) is 5.09 Å². The number of rotatable bonds is 7. The molecule has 0 aromatic carbocycles. The van der Waals surface area contributed by atoms with Crippen molar-refractivity contribution in [1.82, 2.24) is 5.09 Å². The van der Waals surface area contributed by atoms with Gasteiger partial charge in [0.15, 0.2) is 24.5 Å². The highest BCUT2D eigenvalue weighted by Gasteiger charge is 2.48. The second kappa shape index (κ2) is 9.25. The molecule has 1 heterocycles. The van der Waals surface area contributed by atoms with E-state index in [-0.39, 0.29) is 6.61 Å². The van der Waals surface area contributed by atoms with E-state index < -0.39 is 50.2 Å². The molecule has 0 bridgehead atoms. The SMILES string of the molecule is COP(=O)(N[C@@H]1OC[C@@H](OC(C)=O)[C@H](OC(C)=O)[C@H]1OC(C)=O)OC. The topological polar surface area (TPSA) is 136 Å². The maximum absolute atomic E-state index is 12.3. The average Bonchev–Trinajstić information content (AvgIpc) is 2.51. The van der Waals surface area contributed by atoms with E-state index in [2.05, 4.69) is 5.09 Å². The van der Waals surface area contributed by atoms with Crippen LogP contribution in [-0.2, 0) is 46.9 Å². The summed E-state index contributed by atoms with van der Waals surface area (Å²) in [6, 6.07) is 0. The Morgan fingerprint density at radius 1 is 0.920 bits per heavy atom. The van der Waals surface area contributed by atoms with Crippen molar-refractivity contribution in [2.24, 2.45) is 0 Å². The van der Waals surface area contributed by atoms with Gasteiger partial charge in [0.25, 0.3) is 0 Å². The van der Waals surface area contributed by atoms with Crippen molar-refractivity contribution in [3.05, 3.63) is 0 Å². The number of nitrogens with one attached hydrogen (secondary N) is 1. The first-order valence-electron chi connectivity index (χ1n) is 7.24. The first-order valence-corrected chi connectivity index (χ1v) is 8.78. The summed E-state index contributed by atoms with van der Waals surface area (Å²) in [6.07, 6.45) is -4.67. The zero-order valence-corrected chi connectivity index (χ0v) is 15.4. The summed E-state index contributed by atoms with van der Waals surface area (Å²) in [5.74, 6) is -2.05. The van der Waals surface area contributed by atoms with Gasteiger partial charge in [-0.05, 0) is 0 Å². The second-order valence-corrected chi connectivity index (χ2v) is 7.03. The molecule has 144 valence electrons. The Labute approximate surface area is 144 Å². The van der Waals surface area contributed by atoms with Crippen molar-refractivity contribution in [1.29, 1.82) is 0 Å². The lowest BCUT2D eigenvalue weighted by Crippen LogP contribution is -2.60. The van der Waals surface area contributed by atoms with E-state index in [1.807, 2.05) is 0 Å². The highest BCUT2D eigenvalue weighted by atomic mass is 31.2. The molecule has 0 saturated carbocycles. The molecule has 0 radical (unpaired) electrons. The number of hydrogen-bond donors (Lipinski definition) is 1. The van der Waals surface area contributed by atoms with Crippen molar-refractivity contribution in [3.63, 3.8) is 0 Å². The maximum atomic E-state index is 12.3. The molecule has 0 amide bonds. The molecule has 1 aliphatic rings. The van der Waals surface area contributed by atoms with E-state index in [1.54, 1.807) is 0 Å². The molecule has 0 unspecified atom stereocenters. The van der Waals surface area contributed by atoms with Crippen LogP contribution < -0.4 is 5.09 Å². The molecule has 4 atom stereocenters. The fourth-order valence-electron chi connectivity index (χ4n) is 2.19. The zero-order chi connectivity index (χ0) is 19.2. The summed E-state index contributed by atoms with van der Waals surface area (Å²) in [5.41, 5.74) is 0. The number of esters is 3. The minimum Gasteiger partial charge on any atom is -0.456 e. The summed E-state index contributed by atoms with van der Waals surface area (Å²) in [4.78, 5) is 34.1. The van der Waals surface area contributed by atoms with Crippen LogP contribution in [0.3, 0.4) is 0 Å². The summed E-state index contributed by atoms with van der Waals surface area (Å²) in [6.45, 7) is 3.23.